The zero-order valence-corrected chi connectivity index (χ0v) is 10.6. The zero-order chi connectivity index (χ0) is 11.7. The van der Waals surface area contributed by atoms with Gasteiger partial charge in [0.15, 0.2) is 0 Å². The van der Waals surface area contributed by atoms with Crippen LogP contribution >= 0.6 is 11.8 Å². The number of para-hydroxylation sites is 1. The number of fused-ring (bicyclic) bond motifs is 1. The zero-order valence-electron chi connectivity index (χ0n) is 9.78. The molecule has 0 aliphatic heterocycles. The molecule has 16 heavy (non-hydrogen) atoms. The highest BCUT2D eigenvalue weighted by atomic mass is 32.2. The van der Waals surface area contributed by atoms with Crippen molar-refractivity contribution in [3.63, 3.8) is 0 Å². The molecule has 0 bridgehead atoms. The third-order valence-electron chi connectivity index (χ3n) is 2.90. The average molecular weight is 233 g/mol. The van der Waals surface area contributed by atoms with Crippen LogP contribution in [0.15, 0.2) is 34.0 Å². The number of rotatable bonds is 2. The molecular formula is C13H15NOS. The van der Waals surface area contributed by atoms with Crippen LogP contribution in [0.25, 0.3) is 10.9 Å². The number of nitrogens with zero attached hydrogens (tertiary/aromatic N) is 1. The van der Waals surface area contributed by atoms with E-state index >= 15 is 0 Å². The van der Waals surface area contributed by atoms with E-state index in [9.17, 15) is 4.79 Å². The summed E-state index contributed by atoms with van der Waals surface area (Å²) in [7, 11) is 0. The van der Waals surface area contributed by atoms with E-state index in [0.717, 1.165) is 28.0 Å². The summed E-state index contributed by atoms with van der Waals surface area (Å²) < 4.78 is 2.20. The maximum absolute atomic E-state index is 12.2. The molecule has 1 heterocycles. The molecule has 84 valence electrons. The molecule has 0 saturated carbocycles. The Morgan fingerprint density at radius 1 is 1.31 bits per heavy atom. The van der Waals surface area contributed by atoms with Gasteiger partial charge in [-0.1, -0.05) is 12.1 Å². The Kier molecular flexibility index (Phi) is 3.06. The Hall–Kier alpha value is -1.22. The van der Waals surface area contributed by atoms with E-state index in [1.54, 1.807) is 0 Å². The first-order valence-corrected chi connectivity index (χ1v) is 6.59. The molecule has 1 aromatic heterocycles. The van der Waals surface area contributed by atoms with Crippen molar-refractivity contribution in [2.45, 2.75) is 25.3 Å². The smallest absolute Gasteiger partial charge is 0.203 e. The first-order chi connectivity index (χ1) is 7.70. The molecule has 0 amide bonds. The monoisotopic (exact) mass is 233 g/mol. The lowest BCUT2D eigenvalue weighted by Gasteiger charge is -2.15. The van der Waals surface area contributed by atoms with Gasteiger partial charge < -0.3 is 4.57 Å². The van der Waals surface area contributed by atoms with Gasteiger partial charge in [0.05, 0.1) is 10.4 Å². The summed E-state index contributed by atoms with van der Waals surface area (Å²) in [6, 6.07) is 7.82. The second-order valence-corrected chi connectivity index (χ2v) is 4.53. The van der Waals surface area contributed by atoms with Gasteiger partial charge >= 0.3 is 0 Å². The van der Waals surface area contributed by atoms with Gasteiger partial charge in [0, 0.05) is 17.6 Å². The number of pyridine rings is 1. The fraction of sp³-hybridized carbons (Fsp3) is 0.308. The standard InChI is InChI=1S/C13H15NOS/c1-4-14-9(2)13(16-3)12(15)10-7-5-6-8-11(10)14/h5-8H,4H2,1-3H3. The molecular weight excluding hydrogens is 218 g/mol. The minimum Gasteiger partial charge on any atom is -0.344 e. The summed E-state index contributed by atoms with van der Waals surface area (Å²) in [5.41, 5.74) is 2.26. The van der Waals surface area contributed by atoms with Crippen molar-refractivity contribution >= 4 is 22.7 Å². The highest BCUT2D eigenvalue weighted by Gasteiger charge is 2.11. The number of thioether (sulfide) groups is 1. The van der Waals surface area contributed by atoms with Crippen LogP contribution < -0.4 is 5.43 Å². The Morgan fingerprint density at radius 2 is 2.00 bits per heavy atom. The lowest BCUT2D eigenvalue weighted by molar-refractivity contribution is 0.741. The number of aromatic nitrogens is 1. The van der Waals surface area contributed by atoms with Crippen LogP contribution in [0.3, 0.4) is 0 Å². The first-order valence-electron chi connectivity index (χ1n) is 5.36. The number of hydrogen-bond donors (Lipinski definition) is 0. The molecule has 3 heteroatoms. The molecule has 2 rings (SSSR count). The van der Waals surface area contributed by atoms with Crippen LogP contribution in [0.5, 0.6) is 0 Å². The van der Waals surface area contributed by atoms with Gasteiger partial charge in [0.1, 0.15) is 0 Å². The summed E-state index contributed by atoms with van der Waals surface area (Å²) in [6.45, 7) is 5.01. The number of benzene rings is 1. The quantitative estimate of drug-likeness (QED) is 0.744. The van der Waals surface area contributed by atoms with Crippen LogP contribution in [0.1, 0.15) is 12.6 Å². The molecule has 0 unspecified atom stereocenters. The highest BCUT2D eigenvalue weighted by Crippen LogP contribution is 2.21. The predicted molar refractivity (Wildman–Crippen MR) is 70.4 cm³/mol. The molecule has 2 nitrogen and oxygen atoms in total. The normalized spacial score (nSPS) is 10.9. The maximum atomic E-state index is 12.2. The molecule has 0 atom stereocenters. The fourth-order valence-corrected chi connectivity index (χ4v) is 2.84. The van der Waals surface area contributed by atoms with E-state index in [-0.39, 0.29) is 5.43 Å². The fourth-order valence-electron chi connectivity index (χ4n) is 2.14. The maximum Gasteiger partial charge on any atom is 0.203 e. The summed E-state index contributed by atoms with van der Waals surface area (Å²) in [6.07, 6.45) is 1.96. The van der Waals surface area contributed by atoms with Crippen LogP contribution in [0.4, 0.5) is 0 Å². The van der Waals surface area contributed by atoms with Gasteiger partial charge in [-0.2, -0.15) is 0 Å². The first kappa shape index (κ1) is 11.3. The lowest BCUT2D eigenvalue weighted by atomic mass is 10.2. The topological polar surface area (TPSA) is 22.0 Å². The van der Waals surface area contributed by atoms with Crippen molar-refractivity contribution in [2.24, 2.45) is 0 Å². The number of hydrogen-bond acceptors (Lipinski definition) is 2. The Labute approximate surface area is 99.3 Å². The second kappa shape index (κ2) is 4.34. The Bertz CT molecular complexity index is 586. The van der Waals surface area contributed by atoms with Gasteiger partial charge in [-0.05, 0) is 32.2 Å². The Morgan fingerprint density at radius 3 is 2.62 bits per heavy atom. The molecule has 0 radical (unpaired) electrons. The van der Waals surface area contributed by atoms with Gasteiger partial charge in [-0.25, -0.2) is 0 Å². The highest BCUT2D eigenvalue weighted by molar-refractivity contribution is 7.98. The van der Waals surface area contributed by atoms with Crippen LogP contribution in [0.2, 0.25) is 0 Å². The van der Waals surface area contributed by atoms with E-state index < -0.39 is 0 Å². The largest absolute Gasteiger partial charge is 0.344 e. The van der Waals surface area contributed by atoms with Crippen molar-refractivity contribution < 1.29 is 0 Å². The van der Waals surface area contributed by atoms with Crippen LogP contribution in [-0.2, 0) is 6.54 Å². The summed E-state index contributed by atoms with van der Waals surface area (Å²) in [5.74, 6) is 0. The Balaban J connectivity index is 3.00. The average Bonchev–Trinajstić information content (AvgIpc) is 2.30. The van der Waals surface area contributed by atoms with E-state index in [4.69, 9.17) is 0 Å². The summed E-state index contributed by atoms with van der Waals surface area (Å²) in [4.78, 5) is 13.1. The van der Waals surface area contributed by atoms with E-state index in [1.807, 2.05) is 37.4 Å². The van der Waals surface area contributed by atoms with E-state index in [1.165, 1.54) is 11.8 Å². The summed E-state index contributed by atoms with van der Waals surface area (Å²) >= 11 is 1.53. The minimum atomic E-state index is 0.158. The van der Waals surface area contributed by atoms with Gasteiger partial charge in [0.2, 0.25) is 5.43 Å². The number of aryl methyl sites for hydroxylation is 1. The van der Waals surface area contributed by atoms with Gasteiger partial charge in [-0.15, -0.1) is 11.8 Å². The van der Waals surface area contributed by atoms with Crippen LogP contribution in [0, 0.1) is 6.92 Å². The molecule has 0 fully saturated rings. The summed E-state index contributed by atoms with van der Waals surface area (Å²) in [5, 5.41) is 0.819. The molecule has 0 aliphatic rings. The molecule has 0 spiro atoms. The van der Waals surface area contributed by atoms with E-state index in [2.05, 4.69) is 11.5 Å². The molecule has 1 aromatic carbocycles. The minimum absolute atomic E-state index is 0.158. The van der Waals surface area contributed by atoms with Crippen molar-refractivity contribution in [1.82, 2.24) is 4.57 Å². The molecule has 0 aliphatic carbocycles. The van der Waals surface area contributed by atoms with Crippen molar-refractivity contribution in [3.8, 4) is 0 Å². The van der Waals surface area contributed by atoms with Gasteiger partial charge in [-0.3, -0.25) is 4.79 Å². The van der Waals surface area contributed by atoms with Crippen molar-refractivity contribution in [1.29, 1.82) is 0 Å². The molecule has 0 saturated heterocycles. The molecule has 2 aromatic rings. The van der Waals surface area contributed by atoms with Crippen LogP contribution in [-0.4, -0.2) is 10.8 Å². The third-order valence-corrected chi connectivity index (χ3v) is 3.79. The van der Waals surface area contributed by atoms with Crippen molar-refractivity contribution in [2.75, 3.05) is 6.26 Å². The SMILES string of the molecule is CCn1c(C)c(SC)c(=O)c2ccccc21. The lowest BCUT2D eigenvalue weighted by Crippen LogP contribution is -2.14. The van der Waals surface area contributed by atoms with Crippen molar-refractivity contribution in [3.05, 3.63) is 40.2 Å². The third kappa shape index (κ3) is 1.55. The second-order valence-electron chi connectivity index (χ2n) is 3.71. The molecule has 0 N–H and O–H groups in total. The van der Waals surface area contributed by atoms with Gasteiger partial charge in [0.25, 0.3) is 0 Å². The van der Waals surface area contributed by atoms with E-state index in [0.29, 0.717) is 0 Å². The predicted octanol–water partition coefficient (Wildman–Crippen LogP) is 3.05.